The van der Waals surface area contributed by atoms with Crippen LogP contribution in [-0.4, -0.2) is 179 Å². The van der Waals surface area contributed by atoms with Crippen molar-refractivity contribution in [3.8, 4) is 0 Å². The molecule has 0 unspecified atom stereocenters. The van der Waals surface area contributed by atoms with Crippen molar-refractivity contribution in [3.63, 3.8) is 0 Å². The molecular weight excluding hydrogens is 630 g/mol. The molecule has 0 aromatic rings. The topological polar surface area (TPSA) is 187 Å². The molecule has 1 saturated heterocycles. The average molecular weight is 688 g/mol. The number of aliphatic carboxylic acids is 2. The molecule has 0 bridgehead atoms. The van der Waals surface area contributed by atoms with E-state index in [9.17, 15) is 39.0 Å². The molecule has 1 aliphatic heterocycles. The van der Waals surface area contributed by atoms with Gasteiger partial charge in [-0.2, -0.15) is 0 Å². The van der Waals surface area contributed by atoms with Crippen LogP contribution in [0.4, 0.5) is 0 Å². The number of rotatable bonds is 12. The summed E-state index contributed by atoms with van der Waals surface area (Å²) in [5, 5.41) is 18.5. The Hall–Kier alpha value is -3.34. The van der Waals surface area contributed by atoms with Gasteiger partial charge < -0.3 is 29.3 Å². The van der Waals surface area contributed by atoms with Gasteiger partial charge in [0.05, 0.1) is 26.2 Å². The van der Waals surface area contributed by atoms with Crippen molar-refractivity contribution in [2.24, 2.45) is 0 Å². The second kappa shape index (κ2) is 19.0. The number of hydrogen-bond acceptors (Lipinski definition) is 13. The van der Waals surface area contributed by atoms with Gasteiger partial charge >= 0.3 is 29.8 Å². The fourth-order valence-electron chi connectivity index (χ4n) is 4.73. The van der Waals surface area contributed by atoms with Gasteiger partial charge in [0.2, 0.25) is 5.91 Å². The van der Waals surface area contributed by atoms with Gasteiger partial charge in [-0.25, -0.2) is 0 Å². The van der Waals surface area contributed by atoms with Crippen molar-refractivity contribution in [1.29, 1.82) is 0 Å². The van der Waals surface area contributed by atoms with Gasteiger partial charge in [-0.1, -0.05) is 0 Å². The molecule has 0 radical (unpaired) electrons. The Morgan fingerprint density at radius 2 is 0.708 bits per heavy atom. The van der Waals surface area contributed by atoms with Gasteiger partial charge in [0, 0.05) is 52.4 Å². The standard InChI is InChI=1S/C32H57N5O11/c1-30(2,3)46-27(43)21-34-12-10-33(18-24(38)37(19-25(39)40)20-26(41)42)11-13-35(22-28(44)47-31(4,5)6)15-17-36(16-14-34)23-29(45)48-32(7,8)9/h10-23H2,1-9H3,(H,39,40)(H,41,42). The second-order valence-corrected chi connectivity index (χ2v) is 14.9. The van der Waals surface area contributed by atoms with Gasteiger partial charge in [-0.05, 0) is 62.3 Å². The van der Waals surface area contributed by atoms with E-state index in [1.807, 2.05) is 14.7 Å². The van der Waals surface area contributed by atoms with Crippen molar-refractivity contribution < 1.29 is 53.2 Å². The molecule has 1 aliphatic rings. The molecule has 1 fully saturated rings. The summed E-state index contributed by atoms with van der Waals surface area (Å²) in [5.41, 5.74) is -2.10. The highest BCUT2D eigenvalue weighted by molar-refractivity contribution is 5.86. The molecule has 0 atom stereocenters. The number of amides is 1. The monoisotopic (exact) mass is 687 g/mol. The predicted octanol–water partition coefficient (Wildman–Crippen LogP) is 0.231. The molecule has 16 nitrogen and oxygen atoms in total. The third kappa shape index (κ3) is 20.8. The first kappa shape index (κ1) is 42.7. The van der Waals surface area contributed by atoms with Gasteiger partial charge in [-0.15, -0.1) is 0 Å². The first-order chi connectivity index (χ1) is 21.9. The molecule has 0 spiro atoms. The van der Waals surface area contributed by atoms with E-state index in [0.29, 0.717) is 26.2 Å². The predicted molar refractivity (Wildman–Crippen MR) is 175 cm³/mol. The minimum Gasteiger partial charge on any atom is -0.480 e. The molecule has 48 heavy (non-hydrogen) atoms. The van der Waals surface area contributed by atoms with E-state index in [2.05, 4.69) is 0 Å². The van der Waals surface area contributed by atoms with E-state index in [0.717, 1.165) is 4.90 Å². The van der Waals surface area contributed by atoms with Crippen molar-refractivity contribution in [1.82, 2.24) is 24.5 Å². The number of carbonyl (C=O) groups is 6. The number of ether oxygens (including phenoxy) is 3. The lowest BCUT2D eigenvalue weighted by molar-refractivity contribution is -0.158. The van der Waals surface area contributed by atoms with Crippen LogP contribution in [-0.2, 0) is 43.0 Å². The van der Waals surface area contributed by atoms with E-state index in [1.165, 1.54) is 0 Å². The second-order valence-electron chi connectivity index (χ2n) is 14.9. The van der Waals surface area contributed by atoms with Gasteiger partial charge in [0.1, 0.15) is 29.9 Å². The van der Waals surface area contributed by atoms with Gasteiger partial charge in [-0.3, -0.25) is 48.4 Å². The van der Waals surface area contributed by atoms with Crippen molar-refractivity contribution in [2.75, 3.05) is 91.6 Å². The summed E-state index contributed by atoms with van der Waals surface area (Å²) in [4.78, 5) is 82.4. The maximum Gasteiger partial charge on any atom is 0.323 e. The quantitative estimate of drug-likeness (QED) is 0.210. The van der Waals surface area contributed by atoms with E-state index in [-0.39, 0.29) is 52.4 Å². The lowest BCUT2D eigenvalue weighted by Gasteiger charge is -2.34. The molecule has 276 valence electrons. The lowest BCUT2D eigenvalue weighted by atomic mass is 10.2. The fourth-order valence-corrected chi connectivity index (χ4v) is 4.73. The summed E-state index contributed by atoms with van der Waals surface area (Å²) in [6.45, 7) is 16.5. The first-order valence-corrected chi connectivity index (χ1v) is 16.2. The highest BCUT2D eigenvalue weighted by Crippen LogP contribution is 2.11. The zero-order valence-electron chi connectivity index (χ0n) is 30.2. The SMILES string of the molecule is CC(C)(C)OC(=O)CN1CCN(CC(=O)OC(C)(C)C)CCN(CC(=O)N(CC(=O)O)CC(=O)O)CCN(CC(=O)OC(C)(C)C)CC1. The fraction of sp³-hybridized carbons (Fsp3) is 0.812. The zero-order valence-corrected chi connectivity index (χ0v) is 30.2. The lowest BCUT2D eigenvalue weighted by Crippen LogP contribution is -2.51. The first-order valence-electron chi connectivity index (χ1n) is 16.2. The summed E-state index contributed by atoms with van der Waals surface area (Å²) in [5.74, 6) is -4.69. The molecular formula is C32H57N5O11. The van der Waals surface area contributed by atoms with Crippen LogP contribution in [0.5, 0.6) is 0 Å². The molecule has 16 heteroatoms. The summed E-state index contributed by atoms with van der Waals surface area (Å²) >= 11 is 0. The Labute approximate surface area is 284 Å². The number of hydrogen-bond donors (Lipinski definition) is 2. The molecule has 0 saturated carbocycles. The van der Waals surface area contributed by atoms with Crippen molar-refractivity contribution in [2.45, 2.75) is 79.1 Å². The van der Waals surface area contributed by atoms with E-state index in [4.69, 9.17) is 14.2 Å². The summed E-state index contributed by atoms with van der Waals surface area (Å²) < 4.78 is 16.6. The number of carboxylic acids is 2. The van der Waals surface area contributed by atoms with Crippen LogP contribution in [0.3, 0.4) is 0 Å². The summed E-state index contributed by atoms with van der Waals surface area (Å²) in [6.07, 6.45) is 0. The average Bonchev–Trinajstić information content (AvgIpc) is 2.85. The largest absolute Gasteiger partial charge is 0.480 e. The Bertz CT molecular complexity index is 1050. The minimum absolute atomic E-state index is 0.0125. The van der Waals surface area contributed by atoms with Gasteiger partial charge in [0.25, 0.3) is 0 Å². The van der Waals surface area contributed by atoms with Crippen LogP contribution in [0.25, 0.3) is 0 Å². The van der Waals surface area contributed by atoms with Crippen LogP contribution in [0, 0.1) is 0 Å². The van der Waals surface area contributed by atoms with E-state index >= 15 is 0 Å². The zero-order chi connectivity index (χ0) is 36.9. The molecule has 0 aromatic heterocycles. The van der Waals surface area contributed by atoms with Crippen LogP contribution in [0.15, 0.2) is 0 Å². The third-order valence-electron chi connectivity index (χ3n) is 6.61. The van der Waals surface area contributed by atoms with Crippen LogP contribution in [0.2, 0.25) is 0 Å². The van der Waals surface area contributed by atoms with Crippen molar-refractivity contribution >= 4 is 35.8 Å². The van der Waals surface area contributed by atoms with Crippen LogP contribution >= 0.6 is 0 Å². The van der Waals surface area contributed by atoms with Crippen LogP contribution < -0.4 is 0 Å². The normalized spacial score (nSPS) is 17.0. The number of esters is 3. The Kier molecular flexibility index (Phi) is 16.9. The molecule has 0 aromatic carbocycles. The smallest absolute Gasteiger partial charge is 0.323 e. The van der Waals surface area contributed by atoms with Crippen LogP contribution in [0.1, 0.15) is 62.3 Å². The molecule has 1 amide bonds. The summed E-state index contributed by atoms with van der Waals surface area (Å²) in [7, 11) is 0. The minimum atomic E-state index is -1.35. The number of carbonyl (C=O) groups excluding carboxylic acids is 4. The van der Waals surface area contributed by atoms with Crippen molar-refractivity contribution in [3.05, 3.63) is 0 Å². The number of carboxylic acid groups (broad SMARTS) is 2. The highest BCUT2D eigenvalue weighted by Gasteiger charge is 2.27. The molecule has 2 N–H and O–H groups in total. The van der Waals surface area contributed by atoms with E-state index < -0.39 is 65.6 Å². The number of nitrogens with zero attached hydrogens (tertiary/aromatic N) is 5. The molecule has 1 heterocycles. The van der Waals surface area contributed by atoms with Gasteiger partial charge in [0.15, 0.2) is 0 Å². The Morgan fingerprint density at radius 1 is 0.479 bits per heavy atom. The Balaban J connectivity index is 3.35. The molecule has 0 aliphatic carbocycles. The third-order valence-corrected chi connectivity index (χ3v) is 6.61. The Morgan fingerprint density at radius 3 is 0.917 bits per heavy atom. The highest BCUT2D eigenvalue weighted by atomic mass is 16.6. The van der Waals surface area contributed by atoms with E-state index in [1.54, 1.807) is 67.2 Å². The maximum absolute atomic E-state index is 13.2. The maximum atomic E-state index is 13.2. The molecule has 1 rings (SSSR count). The summed E-state index contributed by atoms with van der Waals surface area (Å²) in [6, 6.07) is 0.